The fourth-order valence-corrected chi connectivity index (χ4v) is 1.91. The van der Waals surface area contributed by atoms with Crippen molar-refractivity contribution in [2.45, 2.75) is 13.1 Å². The topological polar surface area (TPSA) is 20.2 Å². The maximum atomic E-state index is 12.4. The number of hydrogen-bond acceptors (Lipinski definition) is 1. The highest BCUT2D eigenvalue weighted by Gasteiger charge is 2.35. The van der Waals surface area contributed by atoms with Gasteiger partial charge in [-0.2, -0.15) is 13.2 Å². The van der Waals surface area contributed by atoms with E-state index in [1.807, 2.05) is 0 Å². The van der Waals surface area contributed by atoms with Crippen LogP contribution in [-0.4, -0.2) is 5.11 Å². The Bertz CT molecular complexity index is 333. The fourth-order valence-electron chi connectivity index (χ4n) is 1.02. The van der Waals surface area contributed by atoms with Gasteiger partial charge in [0, 0.05) is 9.13 Å². The van der Waals surface area contributed by atoms with E-state index >= 15 is 0 Å². The number of aromatic hydroxyl groups is 1. The molecular weight excluding hydrogens is 296 g/mol. The van der Waals surface area contributed by atoms with Gasteiger partial charge < -0.3 is 5.11 Å². The normalized spacial score (nSPS) is 11.8. The molecule has 13 heavy (non-hydrogen) atoms. The maximum absolute atomic E-state index is 12.4. The van der Waals surface area contributed by atoms with Gasteiger partial charge in [-0.1, -0.05) is 0 Å². The van der Waals surface area contributed by atoms with Gasteiger partial charge in [0.25, 0.3) is 0 Å². The third kappa shape index (κ3) is 2.07. The van der Waals surface area contributed by atoms with E-state index < -0.39 is 11.7 Å². The number of phenols is 1. The first-order valence-electron chi connectivity index (χ1n) is 3.39. The Kier molecular flexibility index (Phi) is 2.74. The summed E-state index contributed by atoms with van der Waals surface area (Å²) in [5, 5.41) is 9.08. The molecule has 0 spiro atoms. The minimum atomic E-state index is -4.40. The Morgan fingerprint density at radius 3 is 2.23 bits per heavy atom. The molecule has 0 bridgehead atoms. The molecule has 1 N–H and O–H groups in total. The maximum Gasteiger partial charge on any atom is 0.417 e. The molecule has 0 radical (unpaired) electrons. The van der Waals surface area contributed by atoms with Crippen LogP contribution in [0.4, 0.5) is 13.2 Å². The van der Waals surface area contributed by atoms with Gasteiger partial charge in [0.15, 0.2) is 0 Å². The molecule has 0 heterocycles. The highest BCUT2D eigenvalue weighted by Crippen LogP contribution is 2.38. The summed E-state index contributed by atoms with van der Waals surface area (Å²) >= 11 is 1.60. The summed E-state index contributed by atoms with van der Waals surface area (Å²) in [5.41, 5.74) is -0.882. The molecule has 1 aromatic carbocycles. The first kappa shape index (κ1) is 10.6. The first-order chi connectivity index (χ1) is 5.84. The number of halogens is 4. The van der Waals surface area contributed by atoms with Crippen LogP contribution in [-0.2, 0) is 6.18 Å². The predicted octanol–water partition coefficient (Wildman–Crippen LogP) is 3.32. The smallest absolute Gasteiger partial charge is 0.417 e. The number of benzene rings is 1. The molecule has 1 rings (SSSR count). The summed E-state index contributed by atoms with van der Waals surface area (Å²) in [5.74, 6) is -0.326. The largest absolute Gasteiger partial charge is 0.508 e. The number of phenolic OH excluding ortho intramolecular Hbond substituents is 1. The molecule has 0 aliphatic heterocycles. The van der Waals surface area contributed by atoms with Crippen molar-refractivity contribution in [3.05, 3.63) is 26.8 Å². The molecule has 0 atom stereocenters. The lowest BCUT2D eigenvalue weighted by atomic mass is 10.1. The molecule has 0 amide bonds. The van der Waals surface area contributed by atoms with Gasteiger partial charge in [-0.3, -0.25) is 0 Å². The van der Waals surface area contributed by atoms with E-state index in [0.717, 1.165) is 0 Å². The molecule has 5 heteroatoms. The van der Waals surface area contributed by atoms with Crippen molar-refractivity contribution in [1.82, 2.24) is 0 Å². The third-order valence-corrected chi connectivity index (χ3v) is 2.57. The van der Waals surface area contributed by atoms with Crippen LogP contribution in [0.1, 0.15) is 11.1 Å². The van der Waals surface area contributed by atoms with Gasteiger partial charge in [-0.15, -0.1) is 0 Å². The second-order valence-electron chi connectivity index (χ2n) is 2.56. The van der Waals surface area contributed by atoms with Crippen molar-refractivity contribution in [1.29, 1.82) is 0 Å². The van der Waals surface area contributed by atoms with E-state index in [4.69, 9.17) is 5.11 Å². The van der Waals surface area contributed by atoms with Crippen molar-refractivity contribution in [3.63, 3.8) is 0 Å². The van der Waals surface area contributed by atoms with Gasteiger partial charge in [0.05, 0.1) is 5.56 Å². The Balaban J connectivity index is 3.43. The highest BCUT2D eigenvalue weighted by atomic mass is 127. The standard InChI is InChI=1S/C8H6F3IO/c1-4-6(13)3-2-5(12)7(4)8(9,10)11/h2-3,13H,1H3. The van der Waals surface area contributed by atoms with Crippen molar-refractivity contribution < 1.29 is 18.3 Å². The first-order valence-corrected chi connectivity index (χ1v) is 4.47. The molecule has 0 aliphatic rings. The average molecular weight is 302 g/mol. The summed E-state index contributed by atoms with van der Waals surface area (Å²) in [4.78, 5) is 0. The second kappa shape index (κ2) is 3.36. The summed E-state index contributed by atoms with van der Waals surface area (Å²) in [6.07, 6.45) is -4.40. The Morgan fingerprint density at radius 1 is 1.31 bits per heavy atom. The van der Waals surface area contributed by atoms with Crippen molar-refractivity contribution >= 4 is 22.6 Å². The lowest BCUT2D eigenvalue weighted by Crippen LogP contribution is -2.09. The van der Waals surface area contributed by atoms with Crippen molar-refractivity contribution in [2.75, 3.05) is 0 Å². The van der Waals surface area contributed by atoms with Gasteiger partial charge in [-0.05, 0) is 41.6 Å². The molecule has 0 unspecified atom stereocenters. The van der Waals surface area contributed by atoms with E-state index in [0.29, 0.717) is 0 Å². The number of alkyl halides is 3. The van der Waals surface area contributed by atoms with Crippen LogP contribution in [0, 0.1) is 10.5 Å². The van der Waals surface area contributed by atoms with E-state index in [-0.39, 0.29) is 14.9 Å². The second-order valence-corrected chi connectivity index (χ2v) is 3.73. The van der Waals surface area contributed by atoms with Gasteiger partial charge in [0.1, 0.15) is 5.75 Å². The van der Waals surface area contributed by atoms with E-state index in [2.05, 4.69) is 0 Å². The molecule has 72 valence electrons. The zero-order valence-corrected chi connectivity index (χ0v) is 8.77. The van der Waals surface area contributed by atoms with Crippen LogP contribution in [0.25, 0.3) is 0 Å². The number of rotatable bonds is 0. The Hall–Kier alpha value is -0.460. The molecule has 0 saturated carbocycles. The molecule has 0 aliphatic carbocycles. The molecule has 1 nitrogen and oxygen atoms in total. The monoisotopic (exact) mass is 302 g/mol. The number of hydrogen-bond donors (Lipinski definition) is 1. The van der Waals surface area contributed by atoms with Gasteiger partial charge in [0.2, 0.25) is 0 Å². The SMILES string of the molecule is Cc1c(O)ccc(I)c1C(F)(F)F. The lowest BCUT2D eigenvalue weighted by molar-refractivity contribution is -0.138. The van der Waals surface area contributed by atoms with E-state index in [1.165, 1.54) is 19.1 Å². The van der Waals surface area contributed by atoms with Crippen molar-refractivity contribution in [2.24, 2.45) is 0 Å². The van der Waals surface area contributed by atoms with Crippen LogP contribution >= 0.6 is 22.6 Å². The van der Waals surface area contributed by atoms with Crippen LogP contribution in [0.3, 0.4) is 0 Å². The average Bonchev–Trinajstić information content (AvgIpc) is 1.95. The van der Waals surface area contributed by atoms with Gasteiger partial charge >= 0.3 is 6.18 Å². The summed E-state index contributed by atoms with van der Waals surface area (Å²) in [6, 6.07) is 2.50. The summed E-state index contributed by atoms with van der Waals surface area (Å²) in [6.45, 7) is 1.25. The third-order valence-electron chi connectivity index (χ3n) is 1.67. The summed E-state index contributed by atoms with van der Waals surface area (Å²) in [7, 11) is 0. The van der Waals surface area contributed by atoms with Crippen LogP contribution in [0.2, 0.25) is 0 Å². The lowest BCUT2D eigenvalue weighted by Gasteiger charge is -2.12. The van der Waals surface area contributed by atoms with Gasteiger partial charge in [-0.25, -0.2) is 0 Å². The molecule has 1 aromatic rings. The molecule has 0 fully saturated rings. The predicted molar refractivity (Wildman–Crippen MR) is 50.6 cm³/mol. The minimum Gasteiger partial charge on any atom is -0.508 e. The van der Waals surface area contributed by atoms with E-state index in [1.54, 1.807) is 22.6 Å². The quantitative estimate of drug-likeness (QED) is 0.729. The highest BCUT2D eigenvalue weighted by molar-refractivity contribution is 14.1. The minimum absolute atomic E-state index is 0.0976. The van der Waals surface area contributed by atoms with E-state index in [9.17, 15) is 13.2 Å². The molecular formula is C8H6F3IO. The summed E-state index contributed by atoms with van der Waals surface area (Å²) < 4.78 is 37.2. The zero-order valence-electron chi connectivity index (χ0n) is 6.61. The fraction of sp³-hybridized carbons (Fsp3) is 0.250. The van der Waals surface area contributed by atoms with Crippen LogP contribution in [0.5, 0.6) is 5.75 Å². The van der Waals surface area contributed by atoms with Crippen LogP contribution < -0.4 is 0 Å². The Morgan fingerprint density at radius 2 is 1.85 bits per heavy atom. The molecule has 0 aromatic heterocycles. The molecule has 0 saturated heterocycles. The van der Waals surface area contributed by atoms with Crippen LogP contribution in [0.15, 0.2) is 12.1 Å². The zero-order chi connectivity index (χ0) is 10.2. The van der Waals surface area contributed by atoms with Crippen molar-refractivity contribution in [3.8, 4) is 5.75 Å². The Labute approximate surface area is 86.7 Å².